The van der Waals surface area contributed by atoms with Crippen LogP contribution in [-0.2, 0) is 16.8 Å². The fraction of sp³-hybridized carbons (Fsp3) is 0.500. The number of amides is 1. The topological polar surface area (TPSA) is 51.0 Å². The Morgan fingerprint density at radius 2 is 1.91 bits per heavy atom. The summed E-state index contributed by atoms with van der Waals surface area (Å²) in [5.41, 5.74) is 1.34. The Hall–Kier alpha value is -2.17. The third-order valence-corrected chi connectivity index (χ3v) is 4.80. The van der Waals surface area contributed by atoms with E-state index in [9.17, 15) is 4.79 Å². The van der Waals surface area contributed by atoms with Crippen LogP contribution in [0.25, 0.3) is 0 Å². The molecule has 3 rings (SSSR count). The molecule has 1 aromatic carbocycles. The molecule has 0 unspecified atom stereocenters. The second-order valence-electron chi connectivity index (χ2n) is 6.67. The second-order valence-corrected chi connectivity index (χ2v) is 6.67. The largest absolute Gasteiger partial charge is 0.340 e. The molecule has 1 saturated heterocycles. The van der Waals surface area contributed by atoms with Crippen LogP contribution >= 0.6 is 0 Å². The highest BCUT2D eigenvalue weighted by atomic mass is 16.2. The smallest absolute Gasteiger partial charge is 0.222 e. The van der Waals surface area contributed by atoms with Crippen LogP contribution in [0.1, 0.15) is 37.0 Å². The number of piperidine rings is 1. The summed E-state index contributed by atoms with van der Waals surface area (Å²) in [6, 6.07) is 10.5. The van der Waals surface area contributed by atoms with E-state index < -0.39 is 0 Å². The van der Waals surface area contributed by atoms with Crippen LogP contribution in [0.4, 0.5) is 0 Å². The monoisotopic (exact) mass is 312 g/mol. The van der Waals surface area contributed by atoms with Crippen molar-refractivity contribution in [2.75, 3.05) is 13.1 Å². The average molecular weight is 312 g/mol. The molecule has 5 nitrogen and oxygen atoms in total. The third-order valence-electron chi connectivity index (χ3n) is 4.80. The summed E-state index contributed by atoms with van der Waals surface area (Å²) in [7, 11) is 0. The van der Waals surface area contributed by atoms with Gasteiger partial charge < -0.3 is 4.90 Å². The number of aromatic nitrogens is 3. The van der Waals surface area contributed by atoms with Gasteiger partial charge in [0.15, 0.2) is 0 Å². The van der Waals surface area contributed by atoms with Crippen LogP contribution in [0, 0.1) is 13.8 Å². The molecule has 1 aliphatic heterocycles. The summed E-state index contributed by atoms with van der Waals surface area (Å²) in [6.07, 6.45) is 1.52. The van der Waals surface area contributed by atoms with Crippen molar-refractivity contribution in [3.05, 3.63) is 47.5 Å². The van der Waals surface area contributed by atoms with Gasteiger partial charge in [0.25, 0.3) is 0 Å². The molecule has 0 aliphatic carbocycles. The maximum Gasteiger partial charge on any atom is 0.222 e. The molecule has 0 spiro atoms. The molecule has 122 valence electrons. The normalized spacial score (nSPS) is 21.7. The maximum absolute atomic E-state index is 12.3. The molecule has 23 heavy (non-hydrogen) atoms. The molecule has 1 fully saturated rings. The van der Waals surface area contributed by atoms with Crippen molar-refractivity contribution in [1.29, 1.82) is 0 Å². The lowest BCUT2D eigenvalue weighted by atomic mass is 9.76. The minimum absolute atomic E-state index is 0.0303. The lowest BCUT2D eigenvalue weighted by molar-refractivity contribution is -0.135. The second kappa shape index (κ2) is 6.14. The van der Waals surface area contributed by atoms with Gasteiger partial charge in [-0.3, -0.25) is 4.79 Å². The van der Waals surface area contributed by atoms with Gasteiger partial charge >= 0.3 is 0 Å². The highest BCUT2D eigenvalue weighted by Gasteiger charge is 2.36. The van der Waals surface area contributed by atoms with Crippen LogP contribution < -0.4 is 0 Å². The van der Waals surface area contributed by atoms with Gasteiger partial charge in [0.05, 0.1) is 6.54 Å². The summed E-state index contributed by atoms with van der Waals surface area (Å²) in [5, 5.41) is 4.38. The Morgan fingerprint density at radius 1 is 1.17 bits per heavy atom. The third kappa shape index (κ3) is 3.28. The van der Waals surface area contributed by atoms with E-state index in [1.807, 2.05) is 29.5 Å². The molecular weight excluding hydrogens is 288 g/mol. The van der Waals surface area contributed by atoms with Crippen molar-refractivity contribution in [2.24, 2.45) is 0 Å². The molecule has 5 heteroatoms. The Balaban J connectivity index is 1.71. The minimum atomic E-state index is 0.0303. The number of carbonyl (C=O) groups excluding carboxylic acids is 1. The van der Waals surface area contributed by atoms with Gasteiger partial charge in [0, 0.05) is 24.9 Å². The van der Waals surface area contributed by atoms with Crippen LogP contribution in [-0.4, -0.2) is 38.7 Å². The van der Waals surface area contributed by atoms with E-state index >= 15 is 0 Å². The van der Waals surface area contributed by atoms with Crippen LogP contribution in [0.3, 0.4) is 0 Å². The summed E-state index contributed by atoms with van der Waals surface area (Å²) in [5.74, 6) is 1.92. The number of aryl methyl sites for hydroxylation is 2. The predicted molar refractivity (Wildman–Crippen MR) is 89.1 cm³/mol. The van der Waals surface area contributed by atoms with E-state index in [4.69, 9.17) is 0 Å². The summed E-state index contributed by atoms with van der Waals surface area (Å²) in [6.45, 7) is 8.25. The van der Waals surface area contributed by atoms with E-state index in [-0.39, 0.29) is 11.3 Å². The average Bonchev–Trinajstić information content (AvgIpc) is 2.87. The minimum Gasteiger partial charge on any atom is -0.340 e. The van der Waals surface area contributed by atoms with Crippen molar-refractivity contribution in [1.82, 2.24) is 19.7 Å². The van der Waals surface area contributed by atoms with E-state index in [1.165, 1.54) is 5.56 Å². The molecule has 0 bridgehead atoms. The molecule has 1 aromatic heterocycles. The predicted octanol–water partition coefficient (Wildman–Crippen LogP) is 2.48. The first-order valence-corrected chi connectivity index (χ1v) is 8.19. The molecular formula is C18H24N4O. The van der Waals surface area contributed by atoms with Gasteiger partial charge in [0.1, 0.15) is 11.6 Å². The number of nitrogens with zero attached hydrogens (tertiary/aromatic N) is 4. The van der Waals surface area contributed by atoms with Crippen molar-refractivity contribution in [3.8, 4) is 0 Å². The van der Waals surface area contributed by atoms with Crippen molar-refractivity contribution in [2.45, 2.75) is 45.6 Å². The molecule has 2 heterocycles. The first-order chi connectivity index (χ1) is 11.0. The number of hydrogen-bond donors (Lipinski definition) is 0. The number of hydrogen-bond acceptors (Lipinski definition) is 3. The molecule has 1 amide bonds. The van der Waals surface area contributed by atoms with E-state index in [1.54, 1.807) is 0 Å². The number of benzene rings is 1. The fourth-order valence-electron chi connectivity index (χ4n) is 3.40. The highest BCUT2D eigenvalue weighted by molar-refractivity contribution is 5.77. The first-order valence-electron chi connectivity index (χ1n) is 8.19. The standard InChI is InChI=1S/C18H24N4O/c1-14-19-15(2)22(20-14)12-11-21-13-18(3,10-9-17(21)23)16-7-5-4-6-8-16/h4-8H,9-13H2,1-3H3/t18-/m0/s1. The highest BCUT2D eigenvalue weighted by Crippen LogP contribution is 2.33. The summed E-state index contributed by atoms with van der Waals surface area (Å²) >= 11 is 0. The van der Waals surface area contributed by atoms with Crippen LogP contribution in [0.15, 0.2) is 30.3 Å². The number of carbonyl (C=O) groups is 1. The van der Waals surface area contributed by atoms with Gasteiger partial charge in [-0.25, -0.2) is 9.67 Å². The zero-order valence-corrected chi connectivity index (χ0v) is 14.1. The summed E-state index contributed by atoms with van der Waals surface area (Å²) in [4.78, 5) is 18.6. The fourth-order valence-corrected chi connectivity index (χ4v) is 3.40. The molecule has 0 radical (unpaired) electrons. The van der Waals surface area contributed by atoms with Crippen molar-refractivity contribution >= 4 is 5.91 Å². The Kier molecular flexibility index (Phi) is 4.20. The summed E-state index contributed by atoms with van der Waals surface area (Å²) < 4.78 is 1.89. The van der Waals surface area contributed by atoms with Gasteiger partial charge in [-0.05, 0) is 25.8 Å². The van der Waals surface area contributed by atoms with Gasteiger partial charge in [-0.1, -0.05) is 37.3 Å². The Morgan fingerprint density at radius 3 is 2.57 bits per heavy atom. The van der Waals surface area contributed by atoms with Gasteiger partial charge in [-0.15, -0.1) is 0 Å². The van der Waals surface area contributed by atoms with E-state index in [2.05, 4.69) is 41.3 Å². The van der Waals surface area contributed by atoms with Gasteiger partial charge in [-0.2, -0.15) is 5.10 Å². The van der Waals surface area contributed by atoms with Gasteiger partial charge in [0.2, 0.25) is 5.91 Å². The molecule has 1 aliphatic rings. The van der Waals surface area contributed by atoms with Crippen LogP contribution in [0.2, 0.25) is 0 Å². The van der Waals surface area contributed by atoms with Crippen molar-refractivity contribution in [3.63, 3.8) is 0 Å². The quantitative estimate of drug-likeness (QED) is 0.871. The first kappa shape index (κ1) is 15.7. The van der Waals surface area contributed by atoms with E-state index in [0.717, 1.165) is 24.6 Å². The molecule has 2 aromatic rings. The zero-order valence-electron chi connectivity index (χ0n) is 14.1. The molecule has 1 atom stereocenters. The SMILES string of the molecule is Cc1nc(C)n(CCN2C[C@@](C)(c3ccccc3)CCC2=O)n1. The van der Waals surface area contributed by atoms with Crippen molar-refractivity contribution < 1.29 is 4.79 Å². The Labute approximate surface area is 137 Å². The van der Waals surface area contributed by atoms with E-state index in [0.29, 0.717) is 19.5 Å². The number of rotatable bonds is 4. The zero-order chi connectivity index (χ0) is 16.4. The maximum atomic E-state index is 12.3. The number of likely N-dealkylation sites (tertiary alicyclic amines) is 1. The molecule has 0 saturated carbocycles. The lowest BCUT2D eigenvalue weighted by Gasteiger charge is -2.40. The molecule has 0 N–H and O–H groups in total. The lowest BCUT2D eigenvalue weighted by Crippen LogP contribution is -2.48. The Bertz CT molecular complexity index is 694. The van der Waals surface area contributed by atoms with Crippen LogP contribution in [0.5, 0.6) is 0 Å².